The minimum atomic E-state index is -0.228. The van der Waals surface area contributed by atoms with Crippen LogP contribution in [0.15, 0.2) is 24.3 Å². The smallest absolute Gasteiger partial charge is 0.318 e. The molecule has 3 aliphatic rings. The van der Waals surface area contributed by atoms with Gasteiger partial charge in [0, 0.05) is 30.5 Å². The van der Waals surface area contributed by atoms with Crippen molar-refractivity contribution < 1.29 is 14.7 Å². The summed E-state index contributed by atoms with van der Waals surface area (Å²) in [5.41, 5.74) is 2.06. The van der Waals surface area contributed by atoms with Crippen LogP contribution in [0, 0.1) is 17.8 Å². The molecular formula is C26H35N3O3. The van der Waals surface area contributed by atoms with E-state index in [1.54, 1.807) is 9.80 Å². The van der Waals surface area contributed by atoms with E-state index in [1.165, 1.54) is 6.42 Å². The molecule has 3 amide bonds. The van der Waals surface area contributed by atoms with Crippen molar-refractivity contribution in [2.45, 2.75) is 76.4 Å². The molecule has 4 rings (SSSR count). The number of carbonyl (C=O) groups is 2. The Kier molecular flexibility index (Phi) is 7.05. The second-order valence-corrected chi connectivity index (χ2v) is 9.83. The standard InChI is InChI=1S/C26H35N3O3/c1-18(2)7-6-8-19-11-13-20(14-12-19)25-22-15-28(16-24(31)29(22)23(25)17-30)26(32)27-21-9-4-3-5-10-21/h11-14,18,21-23,25,30H,3-5,7,9-10,15-17H2,1-2H3,(H,27,32)/t22-,23-,25-/m1/s1. The average Bonchev–Trinajstić information content (AvgIpc) is 2.76. The number of urea groups is 1. The summed E-state index contributed by atoms with van der Waals surface area (Å²) < 4.78 is 0. The molecule has 1 aliphatic carbocycles. The van der Waals surface area contributed by atoms with Gasteiger partial charge in [0.25, 0.3) is 0 Å². The highest BCUT2D eigenvalue weighted by Crippen LogP contribution is 2.42. The molecule has 0 spiro atoms. The number of fused-ring (bicyclic) bond motifs is 1. The van der Waals surface area contributed by atoms with Gasteiger partial charge < -0.3 is 20.2 Å². The zero-order valence-corrected chi connectivity index (χ0v) is 19.2. The van der Waals surface area contributed by atoms with Crippen LogP contribution in [0.1, 0.15) is 69.4 Å². The molecule has 0 bridgehead atoms. The highest BCUT2D eigenvalue weighted by Gasteiger charge is 2.54. The van der Waals surface area contributed by atoms with Gasteiger partial charge in [0.1, 0.15) is 6.54 Å². The molecule has 1 aromatic carbocycles. The van der Waals surface area contributed by atoms with Crippen molar-refractivity contribution >= 4 is 11.9 Å². The minimum Gasteiger partial charge on any atom is -0.394 e. The first-order valence-electron chi connectivity index (χ1n) is 12.0. The van der Waals surface area contributed by atoms with E-state index in [-0.39, 0.29) is 49.1 Å². The van der Waals surface area contributed by atoms with Crippen molar-refractivity contribution in [3.8, 4) is 11.8 Å². The van der Waals surface area contributed by atoms with Crippen LogP contribution in [0.3, 0.4) is 0 Å². The molecule has 1 aromatic rings. The SMILES string of the molecule is CC(C)CC#Cc1ccc([C@H]2[C@@H](CO)N3C(=O)CN(C(=O)NC4CCCCC4)C[C@H]23)cc1. The van der Waals surface area contributed by atoms with Gasteiger partial charge in [-0.3, -0.25) is 4.79 Å². The Labute approximate surface area is 191 Å². The van der Waals surface area contributed by atoms with E-state index in [9.17, 15) is 14.7 Å². The highest BCUT2D eigenvalue weighted by molar-refractivity contribution is 5.87. The quantitative estimate of drug-likeness (QED) is 0.711. The Morgan fingerprint density at radius 3 is 2.56 bits per heavy atom. The molecule has 6 heteroatoms. The van der Waals surface area contributed by atoms with Gasteiger partial charge in [0.2, 0.25) is 5.91 Å². The second-order valence-electron chi connectivity index (χ2n) is 9.83. The molecule has 2 heterocycles. The number of nitrogens with zero attached hydrogens (tertiary/aromatic N) is 2. The van der Waals surface area contributed by atoms with Crippen molar-refractivity contribution in [3.05, 3.63) is 35.4 Å². The van der Waals surface area contributed by atoms with Crippen LogP contribution in [-0.4, -0.2) is 64.7 Å². The zero-order chi connectivity index (χ0) is 22.7. The monoisotopic (exact) mass is 437 g/mol. The third-order valence-corrected chi connectivity index (χ3v) is 7.01. The van der Waals surface area contributed by atoms with E-state index in [0.29, 0.717) is 12.5 Å². The van der Waals surface area contributed by atoms with Crippen LogP contribution < -0.4 is 5.32 Å². The fourth-order valence-electron chi connectivity index (χ4n) is 5.31. The van der Waals surface area contributed by atoms with Crippen LogP contribution >= 0.6 is 0 Å². The molecule has 0 unspecified atom stereocenters. The molecule has 2 aliphatic heterocycles. The van der Waals surface area contributed by atoms with Gasteiger partial charge in [-0.05, 0) is 36.5 Å². The normalized spacial score (nSPS) is 25.6. The maximum absolute atomic E-state index is 12.9. The molecule has 1 saturated carbocycles. The van der Waals surface area contributed by atoms with E-state index < -0.39 is 0 Å². The van der Waals surface area contributed by atoms with E-state index in [1.807, 2.05) is 12.1 Å². The van der Waals surface area contributed by atoms with Gasteiger partial charge in [0.15, 0.2) is 0 Å². The maximum Gasteiger partial charge on any atom is 0.318 e. The molecule has 3 fully saturated rings. The number of piperazine rings is 1. The van der Waals surface area contributed by atoms with Crippen LogP contribution in [0.2, 0.25) is 0 Å². The summed E-state index contributed by atoms with van der Waals surface area (Å²) in [6, 6.07) is 7.89. The summed E-state index contributed by atoms with van der Waals surface area (Å²) in [6.45, 7) is 4.82. The van der Waals surface area contributed by atoms with E-state index >= 15 is 0 Å². The Bertz CT molecular complexity index is 880. The van der Waals surface area contributed by atoms with E-state index in [2.05, 4.69) is 43.1 Å². The summed E-state index contributed by atoms with van der Waals surface area (Å²) in [5, 5.41) is 13.1. The Hall–Kier alpha value is -2.52. The molecule has 6 nitrogen and oxygen atoms in total. The molecule has 2 N–H and O–H groups in total. The molecule has 0 aromatic heterocycles. The minimum absolute atomic E-state index is 0.0203. The summed E-state index contributed by atoms with van der Waals surface area (Å²) in [7, 11) is 0. The topological polar surface area (TPSA) is 72.9 Å². The van der Waals surface area contributed by atoms with Crippen LogP contribution in [0.25, 0.3) is 0 Å². The first-order valence-corrected chi connectivity index (χ1v) is 12.0. The first kappa shape index (κ1) is 22.7. The van der Waals surface area contributed by atoms with Crippen molar-refractivity contribution in [3.63, 3.8) is 0 Å². The number of amides is 3. The number of aliphatic hydroxyl groups excluding tert-OH is 1. The fraction of sp³-hybridized carbons (Fsp3) is 0.615. The van der Waals surface area contributed by atoms with Gasteiger partial charge in [-0.1, -0.05) is 57.1 Å². The fourth-order valence-corrected chi connectivity index (χ4v) is 5.31. The summed E-state index contributed by atoms with van der Waals surface area (Å²) in [5.74, 6) is 6.90. The Morgan fingerprint density at radius 2 is 1.91 bits per heavy atom. The van der Waals surface area contributed by atoms with Crippen LogP contribution in [-0.2, 0) is 4.79 Å². The number of carbonyl (C=O) groups excluding carboxylic acids is 2. The first-order chi connectivity index (χ1) is 15.5. The lowest BCUT2D eigenvalue weighted by atomic mass is 9.73. The molecule has 0 radical (unpaired) electrons. The average molecular weight is 438 g/mol. The van der Waals surface area contributed by atoms with Gasteiger partial charge in [0.05, 0.1) is 18.7 Å². The number of hydrogen-bond donors (Lipinski definition) is 2. The second kappa shape index (κ2) is 9.95. The van der Waals surface area contributed by atoms with Gasteiger partial charge in [-0.25, -0.2) is 4.79 Å². The molecule has 2 saturated heterocycles. The molecular weight excluding hydrogens is 402 g/mol. The summed E-state index contributed by atoms with van der Waals surface area (Å²) in [6.07, 6.45) is 6.44. The maximum atomic E-state index is 12.9. The molecule has 172 valence electrons. The largest absolute Gasteiger partial charge is 0.394 e. The molecule has 3 atom stereocenters. The number of rotatable bonds is 4. The van der Waals surface area contributed by atoms with Crippen molar-refractivity contribution in [1.82, 2.24) is 15.1 Å². The lowest BCUT2D eigenvalue weighted by molar-refractivity contribution is -0.159. The third kappa shape index (κ3) is 4.78. The summed E-state index contributed by atoms with van der Waals surface area (Å²) >= 11 is 0. The third-order valence-electron chi connectivity index (χ3n) is 7.01. The van der Waals surface area contributed by atoms with Crippen molar-refractivity contribution in [2.24, 2.45) is 5.92 Å². The zero-order valence-electron chi connectivity index (χ0n) is 19.2. The van der Waals surface area contributed by atoms with Crippen molar-refractivity contribution in [2.75, 3.05) is 19.7 Å². The van der Waals surface area contributed by atoms with Gasteiger partial charge >= 0.3 is 6.03 Å². The van der Waals surface area contributed by atoms with Crippen molar-refractivity contribution in [1.29, 1.82) is 0 Å². The summed E-state index contributed by atoms with van der Waals surface area (Å²) in [4.78, 5) is 29.1. The highest BCUT2D eigenvalue weighted by atomic mass is 16.3. The van der Waals surface area contributed by atoms with E-state index in [4.69, 9.17) is 0 Å². The predicted octanol–water partition coefficient (Wildman–Crippen LogP) is 3.10. The van der Waals surface area contributed by atoms with Gasteiger partial charge in [-0.2, -0.15) is 0 Å². The van der Waals surface area contributed by atoms with Crippen LogP contribution in [0.5, 0.6) is 0 Å². The Balaban J connectivity index is 1.44. The Morgan fingerprint density at radius 1 is 1.19 bits per heavy atom. The van der Waals surface area contributed by atoms with Crippen LogP contribution in [0.4, 0.5) is 4.79 Å². The molecule has 32 heavy (non-hydrogen) atoms. The lowest BCUT2D eigenvalue weighted by Crippen LogP contribution is -2.74. The predicted molar refractivity (Wildman–Crippen MR) is 124 cm³/mol. The van der Waals surface area contributed by atoms with Gasteiger partial charge in [-0.15, -0.1) is 0 Å². The number of hydrogen-bond acceptors (Lipinski definition) is 3. The number of aliphatic hydroxyl groups is 1. The number of nitrogens with one attached hydrogen (secondary N) is 1. The number of benzene rings is 1. The van der Waals surface area contributed by atoms with E-state index in [0.717, 1.165) is 43.2 Å². The lowest BCUT2D eigenvalue weighted by Gasteiger charge is -2.58.